The van der Waals surface area contributed by atoms with Gasteiger partial charge in [-0.15, -0.1) is 0 Å². The van der Waals surface area contributed by atoms with E-state index in [2.05, 4.69) is 22.5 Å². The van der Waals surface area contributed by atoms with Crippen LogP contribution in [-0.4, -0.2) is 11.5 Å². The van der Waals surface area contributed by atoms with E-state index in [4.69, 9.17) is 0 Å². The number of allylic oxidation sites excluding steroid dienone is 1. The number of aryl methyl sites for hydroxylation is 1. The van der Waals surface area contributed by atoms with Crippen LogP contribution in [-0.2, 0) is 12.8 Å². The predicted molar refractivity (Wildman–Crippen MR) is 55.0 cm³/mol. The zero-order chi connectivity index (χ0) is 8.67. The maximum Gasteiger partial charge on any atom is 0.107 e. The van der Waals surface area contributed by atoms with Crippen LogP contribution < -0.4 is 5.32 Å². The van der Waals surface area contributed by atoms with Gasteiger partial charge in [0, 0.05) is 23.4 Å². The van der Waals surface area contributed by atoms with E-state index in [1.807, 2.05) is 0 Å². The standard InChI is InChI=1S/C11H14N2/c1-2-6-10-8(4-1)9-5-3-7-12-11(9)13-10/h1,4,12-13H,2-3,5-7H2. The molecule has 0 fully saturated rings. The molecule has 2 heteroatoms. The summed E-state index contributed by atoms with van der Waals surface area (Å²) in [6, 6.07) is 0. The van der Waals surface area contributed by atoms with E-state index in [0.717, 1.165) is 6.54 Å². The smallest absolute Gasteiger partial charge is 0.107 e. The predicted octanol–water partition coefficient (Wildman–Crippen LogP) is 2.33. The SMILES string of the molecule is C1=Cc2c([nH]c3c2CCCN3)CC1. The van der Waals surface area contributed by atoms with Gasteiger partial charge in [0.15, 0.2) is 0 Å². The van der Waals surface area contributed by atoms with Crippen LogP contribution in [0.5, 0.6) is 0 Å². The number of anilines is 1. The van der Waals surface area contributed by atoms with Gasteiger partial charge in [-0.2, -0.15) is 0 Å². The normalized spacial score (nSPS) is 19.1. The molecular weight excluding hydrogens is 160 g/mol. The number of fused-ring (bicyclic) bond motifs is 3. The average Bonchev–Trinajstić information content (AvgIpc) is 2.56. The lowest BCUT2D eigenvalue weighted by Crippen LogP contribution is -2.10. The third-order valence-corrected chi connectivity index (χ3v) is 2.98. The van der Waals surface area contributed by atoms with Crippen LogP contribution in [0, 0.1) is 0 Å². The molecule has 0 aromatic carbocycles. The van der Waals surface area contributed by atoms with E-state index >= 15 is 0 Å². The largest absolute Gasteiger partial charge is 0.371 e. The fraction of sp³-hybridized carbons (Fsp3) is 0.455. The molecule has 3 rings (SSSR count). The first-order valence-corrected chi connectivity index (χ1v) is 5.09. The number of aromatic amines is 1. The molecule has 0 atom stereocenters. The Balaban J connectivity index is 2.16. The first kappa shape index (κ1) is 7.25. The first-order valence-electron chi connectivity index (χ1n) is 5.09. The number of H-pyrrole nitrogens is 1. The van der Waals surface area contributed by atoms with Crippen LogP contribution in [0.25, 0.3) is 6.08 Å². The molecular formula is C11H14N2. The van der Waals surface area contributed by atoms with Crippen molar-refractivity contribution in [2.45, 2.75) is 25.7 Å². The summed E-state index contributed by atoms with van der Waals surface area (Å²) in [5.74, 6) is 1.28. The number of nitrogens with one attached hydrogen (secondary N) is 2. The van der Waals surface area contributed by atoms with Gasteiger partial charge >= 0.3 is 0 Å². The summed E-state index contributed by atoms with van der Waals surface area (Å²) in [7, 11) is 0. The molecule has 2 N–H and O–H groups in total. The number of aromatic nitrogens is 1. The van der Waals surface area contributed by atoms with Gasteiger partial charge in [0.05, 0.1) is 0 Å². The molecule has 2 nitrogen and oxygen atoms in total. The number of rotatable bonds is 0. The van der Waals surface area contributed by atoms with Crippen molar-refractivity contribution in [3.05, 3.63) is 22.9 Å². The van der Waals surface area contributed by atoms with Crippen molar-refractivity contribution in [2.75, 3.05) is 11.9 Å². The second-order valence-electron chi connectivity index (χ2n) is 3.84. The molecule has 1 aliphatic carbocycles. The average molecular weight is 174 g/mol. The Morgan fingerprint density at radius 2 is 2.23 bits per heavy atom. The maximum absolute atomic E-state index is 3.49. The molecule has 0 amide bonds. The highest BCUT2D eigenvalue weighted by molar-refractivity contribution is 5.67. The van der Waals surface area contributed by atoms with Crippen molar-refractivity contribution < 1.29 is 0 Å². The van der Waals surface area contributed by atoms with Crippen molar-refractivity contribution in [2.24, 2.45) is 0 Å². The Bertz CT molecular complexity index is 360. The van der Waals surface area contributed by atoms with Gasteiger partial charge in [-0.25, -0.2) is 0 Å². The van der Waals surface area contributed by atoms with Crippen LogP contribution in [0.3, 0.4) is 0 Å². The van der Waals surface area contributed by atoms with Gasteiger partial charge in [-0.1, -0.05) is 12.2 Å². The molecule has 0 radical (unpaired) electrons. The molecule has 0 saturated carbocycles. The maximum atomic E-state index is 3.49. The lowest BCUT2D eigenvalue weighted by atomic mass is 9.98. The molecule has 0 saturated heterocycles. The molecule has 0 spiro atoms. The van der Waals surface area contributed by atoms with Crippen LogP contribution in [0.4, 0.5) is 5.82 Å². The second kappa shape index (κ2) is 2.66. The summed E-state index contributed by atoms with van der Waals surface area (Å²) >= 11 is 0. The van der Waals surface area contributed by atoms with Gasteiger partial charge in [0.25, 0.3) is 0 Å². The summed E-state index contributed by atoms with van der Waals surface area (Å²) in [5.41, 5.74) is 4.41. The van der Waals surface area contributed by atoms with Crippen molar-refractivity contribution in [3.8, 4) is 0 Å². The van der Waals surface area contributed by atoms with E-state index in [9.17, 15) is 0 Å². The van der Waals surface area contributed by atoms with Crippen LogP contribution in [0.15, 0.2) is 6.08 Å². The Labute approximate surface area is 78.0 Å². The van der Waals surface area contributed by atoms with E-state index in [0.29, 0.717) is 0 Å². The van der Waals surface area contributed by atoms with E-state index < -0.39 is 0 Å². The summed E-state index contributed by atoms with van der Waals surface area (Å²) in [4.78, 5) is 3.49. The minimum atomic E-state index is 1.12. The fourth-order valence-corrected chi connectivity index (χ4v) is 2.33. The highest BCUT2D eigenvalue weighted by atomic mass is 15.0. The molecule has 1 aliphatic heterocycles. The van der Waals surface area contributed by atoms with Crippen LogP contribution >= 0.6 is 0 Å². The summed E-state index contributed by atoms with van der Waals surface area (Å²) in [6.07, 6.45) is 9.43. The monoisotopic (exact) mass is 174 g/mol. The van der Waals surface area contributed by atoms with E-state index in [1.165, 1.54) is 48.3 Å². The van der Waals surface area contributed by atoms with Crippen LogP contribution in [0.2, 0.25) is 0 Å². The zero-order valence-electron chi connectivity index (χ0n) is 7.69. The van der Waals surface area contributed by atoms with Gasteiger partial charge in [0.2, 0.25) is 0 Å². The Kier molecular flexibility index (Phi) is 1.48. The minimum absolute atomic E-state index is 1.12. The first-order chi connectivity index (χ1) is 6.45. The van der Waals surface area contributed by atoms with Gasteiger partial charge in [-0.3, -0.25) is 0 Å². The van der Waals surface area contributed by atoms with Crippen molar-refractivity contribution in [1.29, 1.82) is 0 Å². The Hall–Kier alpha value is -1.18. The molecule has 0 unspecified atom stereocenters. The summed E-state index contributed by atoms with van der Waals surface area (Å²) in [5, 5.41) is 3.43. The summed E-state index contributed by atoms with van der Waals surface area (Å²) in [6.45, 7) is 1.12. The van der Waals surface area contributed by atoms with Crippen molar-refractivity contribution in [3.63, 3.8) is 0 Å². The lowest BCUT2D eigenvalue weighted by molar-refractivity contribution is 0.827. The molecule has 2 aliphatic rings. The van der Waals surface area contributed by atoms with E-state index in [-0.39, 0.29) is 0 Å². The van der Waals surface area contributed by atoms with Gasteiger partial charge in [-0.05, 0) is 25.7 Å². The lowest BCUT2D eigenvalue weighted by Gasteiger charge is -2.14. The molecule has 2 heterocycles. The zero-order valence-corrected chi connectivity index (χ0v) is 7.69. The van der Waals surface area contributed by atoms with E-state index in [1.54, 1.807) is 0 Å². The third-order valence-electron chi connectivity index (χ3n) is 2.98. The summed E-state index contributed by atoms with van der Waals surface area (Å²) < 4.78 is 0. The van der Waals surface area contributed by atoms with Crippen LogP contribution in [0.1, 0.15) is 29.7 Å². The van der Waals surface area contributed by atoms with Gasteiger partial charge in [0.1, 0.15) is 5.82 Å². The minimum Gasteiger partial charge on any atom is -0.371 e. The molecule has 68 valence electrons. The Morgan fingerprint density at radius 1 is 1.23 bits per heavy atom. The van der Waals surface area contributed by atoms with Crippen molar-refractivity contribution >= 4 is 11.9 Å². The number of hydrogen-bond donors (Lipinski definition) is 2. The molecule has 13 heavy (non-hydrogen) atoms. The highest BCUT2D eigenvalue weighted by Gasteiger charge is 2.18. The van der Waals surface area contributed by atoms with Gasteiger partial charge < -0.3 is 10.3 Å². The quantitative estimate of drug-likeness (QED) is 0.620. The third kappa shape index (κ3) is 1.01. The fourth-order valence-electron chi connectivity index (χ4n) is 2.33. The molecule has 0 bridgehead atoms. The molecule has 1 aromatic heterocycles. The second-order valence-corrected chi connectivity index (χ2v) is 3.84. The highest BCUT2D eigenvalue weighted by Crippen LogP contribution is 2.31. The number of hydrogen-bond acceptors (Lipinski definition) is 1. The Morgan fingerprint density at radius 3 is 3.23 bits per heavy atom. The van der Waals surface area contributed by atoms with Crippen molar-refractivity contribution in [1.82, 2.24) is 4.98 Å². The topological polar surface area (TPSA) is 27.8 Å². The molecule has 1 aromatic rings.